The van der Waals surface area contributed by atoms with Crippen LogP contribution in [0, 0.1) is 0 Å². The lowest BCUT2D eigenvalue weighted by atomic mass is 10.3. The van der Waals surface area contributed by atoms with E-state index >= 15 is 0 Å². The Bertz CT molecular complexity index is 89.6. The number of hydrogen-bond acceptors (Lipinski definition) is 2. The molecule has 0 aliphatic carbocycles. The molecule has 10 heavy (non-hydrogen) atoms. The Morgan fingerprint density at radius 1 is 1.50 bits per heavy atom. The topological polar surface area (TPSA) is 18.5 Å². The van der Waals surface area contributed by atoms with Crippen molar-refractivity contribution in [3.63, 3.8) is 0 Å². The van der Waals surface area contributed by atoms with Crippen LogP contribution in [0.15, 0.2) is 0 Å². The third-order valence-electron chi connectivity index (χ3n) is 1.41. The minimum Gasteiger partial charge on any atom is -0.353 e. The van der Waals surface area contributed by atoms with E-state index in [1.54, 1.807) is 0 Å². The van der Waals surface area contributed by atoms with Crippen LogP contribution < -0.4 is 0 Å². The number of ether oxygens (including phenoxy) is 2. The molecule has 1 saturated heterocycles. The van der Waals surface area contributed by atoms with Crippen LogP contribution in [0.5, 0.6) is 0 Å². The highest BCUT2D eigenvalue weighted by Gasteiger charge is 2.15. The van der Waals surface area contributed by atoms with E-state index in [-0.39, 0.29) is 11.7 Å². The fourth-order valence-electron chi connectivity index (χ4n) is 0.938. The maximum absolute atomic E-state index is 5.75. The first-order valence-corrected chi connectivity index (χ1v) is 4.10. The van der Waals surface area contributed by atoms with Crippen LogP contribution in [-0.2, 0) is 9.47 Å². The lowest BCUT2D eigenvalue weighted by Gasteiger charge is -2.23. The Morgan fingerprint density at radius 3 is 2.60 bits per heavy atom. The fourth-order valence-corrected chi connectivity index (χ4v) is 1.08. The summed E-state index contributed by atoms with van der Waals surface area (Å²) < 4.78 is 10.6. The van der Waals surface area contributed by atoms with E-state index in [1.807, 2.05) is 6.92 Å². The lowest BCUT2D eigenvalue weighted by molar-refractivity contribution is -0.180. The van der Waals surface area contributed by atoms with Crippen molar-refractivity contribution >= 4 is 11.6 Å². The maximum Gasteiger partial charge on any atom is 0.158 e. The Labute approximate surface area is 66.5 Å². The highest BCUT2D eigenvalue weighted by molar-refractivity contribution is 6.20. The van der Waals surface area contributed by atoms with Gasteiger partial charge in [0.2, 0.25) is 0 Å². The molecule has 0 N–H and O–H groups in total. The molecule has 0 spiro atoms. The Balaban J connectivity index is 2.13. The summed E-state index contributed by atoms with van der Waals surface area (Å²) >= 11 is 5.75. The molecule has 1 atom stereocenters. The van der Waals surface area contributed by atoms with Gasteiger partial charge in [-0.25, -0.2) is 0 Å². The van der Waals surface area contributed by atoms with Crippen LogP contribution in [0.4, 0.5) is 0 Å². The molecule has 0 bridgehead atoms. The highest BCUT2D eigenvalue weighted by Crippen LogP contribution is 2.13. The van der Waals surface area contributed by atoms with Gasteiger partial charge in [-0.15, -0.1) is 11.6 Å². The normalized spacial score (nSPS) is 24.6. The predicted octanol–water partition coefficient (Wildman–Crippen LogP) is 1.77. The zero-order valence-electron chi connectivity index (χ0n) is 6.18. The molecular weight excluding hydrogens is 152 g/mol. The molecule has 0 amide bonds. The predicted molar refractivity (Wildman–Crippen MR) is 40.2 cm³/mol. The van der Waals surface area contributed by atoms with Gasteiger partial charge in [0.05, 0.1) is 13.2 Å². The van der Waals surface area contributed by atoms with Crippen molar-refractivity contribution < 1.29 is 9.47 Å². The minimum absolute atomic E-state index is 0.0544. The average Bonchev–Trinajstić information content (AvgIpc) is 1.88. The van der Waals surface area contributed by atoms with Gasteiger partial charge < -0.3 is 9.47 Å². The number of halogens is 1. The van der Waals surface area contributed by atoms with Crippen LogP contribution in [0.25, 0.3) is 0 Å². The monoisotopic (exact) mass is 164 g/mol. The standard InChI is InChI=1S/C7H13ClO2/c1-6(8)5-7-9-3-2-4-10-7/h6-7H,2-5H2,1H3/t6-/m0/s1. The summed E-state index contributed by atoms with van der Waals surface area (Å²) in [6, 6.07) is 0. The summed E-state index contributed by atoms with van der Waals surface area (Å²) in [7, 11) is 0. The zero-order chi connectivity index (χ0) is 7.40. The van der Waals surface area contributed by atoms with Crippen LogP contribution in [-0.4, -0.2) is 24.9 Å². The first-order chi connectivity index (χ1) is 4.79. The van der Waals surface area contributed by atoms with Gasteiger partial charge in [0, 0.05) is 11.8 Å². The van der Waals surface area contributed by atoms with Gasteiger partial charge in [-0.05, 0) is 13.3 Å². The van der Waals surface area contributed by atoms with E-state index < -0.39 is 0 Å². The number of alkyl halides is 1. The van der Waals surface area contributed by atoms with E-state index in [2.05, 4.69) is 0 Å². The Kier molecular flexibility index (Phi) is 3.46. The van der Waals surface area contributed by atoms with Crippen molar-refractivity contribution in [3.8, 4) is 0 Å². The van der Waals surface area contributed by atoms with Crippen LogP contribution in [0.1, 0.15) is 19.8 Å². The summed E-state index contributed by atoms with van der Waals surface area (Å²) in [6.45, 7) is 3.57. The molecule has 1 rings (SSSR count). The van der Waals surface area contributed by atoms with Crippen molar-refractivity contribution in [1.82, 2.24) is 0 Å². The van der Waals surface area contributed by atoms with Gasteiger partial charge in [-0.1, -0.05) is 0 Å². The summed E-state index contributed by atoms with van der Waals surface area (Å²) in [6.07, 6.45) is 1.75. The van der Waals surface area contributed by atoms with Crippen LogP contribution >= 0.6 is 11.6 Å². The second-order valence-electron chi connectivity index (χ2n) is 2.54. The molecular formula is C7H13ClO2. The highest BCUT2D eigenvalue weighted by atomic mass is 35.5. The minimum atomic E-state index is -0.0544. The average molecular weight is 165 g/mol. The largest absolute Gasteiger partial charge is 0.353 e. The third-order valence-corrected chi connectivity index (χ3v) is 1.59. The molecule has 1 heterocycles. The van der Waals surface area contributed by atoms with E-state index in [9.17, 15) is 0 Å². The van der Waals surface area contributed by atoms with Crippen molar-refractivity contribution in [2.45, 2.75) is 31.4 Å². The van der Waals surface area contributed by atoms with E-state index in [4.69, 9.17) is 21.1 Å². The van der Waals surface area contributed by atoms with E-state index in [1.165, 1.54) is 0 Å². The molecule has 1 fully saturated rings. The molecule has 1 aliphatic rings. The second-order valence-corrected chi connectivity index (χ2v) is 3.29. The molecule has 0 unspecified atom stereocenters. The van der Waals surface area contributed by atoms with Crippen LogP contribution in [0.2, 0.25) is 0 Å². The first-order valence-electron chi connectivity index (χ1n) is 3.66. The molecule has 0 aromatic rings. The Morgan fingerprint density at radius 2 is 2.10 bits per heavy atom. The molecule has 0 radical (unpaired) electrons. The van der Waals surface area contributed by atoms with Crippen molar-refractivity contribution in [2.24, 2.45) is 0 Å². The third kappa shape index (κ3) is 2.86. The zero-order valence-corrected chi connectivity index (χ0v) is 6.93. The van der Waals surface area contributed by atoms with Gasteiger partial charge in [0.1, 0.15) is 0 Å². The fraction of sp³-hybridized carbons (Fsp3) is 1.00. The van der Waals surface area contributed by atoms with E-state index in [0.29, 0.717) is 0 Å². The molecule has 0 saturated carbocycles. The first kappa shape index (κ1) is 8.31. The Hall–Kier alpha value is 0.210. The quantitative estimate of drug-likeness (QED) is 0.580. The van der Waals surface area contributed by atoms with Gasteiger partial charge >= 0.3 is 0 Å². The molecule has 3 heteroatoms. The smallest absolute Gasteiger partial charge is 0.158 e. The van der Waals surface area contributed by atoms with Gasteiger partial charge in [-0.3, -0.25) is 0 Å². The van der Waals surface area contributed by atoms with Crippen molar-refractivity contribution in [1.29, 1.82) is 0 Å². The lowest BCUT2D eigenvalue weighted by Crippen LogP contribution is -2.26. The van der Waals surface area contributed by atoms with Crippen LogP contribution in [0.3, 0.4) is 0 Å². The van der Waals surface area contributed by atoms with Gasteiger partial charge in [-0.2, -0.15) is 0 Å². The second kappa shape index (κ2) is 4.16. The summed E-state index contributed by atoms with van der Waals surface area (Å²) in [5.41, 5.74) is 0. The van der Waals surface area contributed by atoms with Crippen molar-refractivity contribution in [3.05, 3.63) is 0 Å². The molecule has 0 aromatic carbocycles. The summed E-state index contributed by atoms with van der Waals surface area (Å²) in [5.74, 6) is 0. The molecule has 60 valence electrons. The molecule has 2 nitrogen and oxygen atoms in total. The number of hydrogen-bond donors (Lipinski definition) is 0. The molecule has 0 aromatic heterocycles. The van der Waals surface area contributed by atoms with Gasteiger partial charge in [0.15, 0.2) is 6.29 Å². The molecule has 1 aliphatic heterocycles. The van der Waals surface area contributed by atoms with Gasteiger partial charge in [0.25, 0.3) is 0 Å². The van der Waals surface area contributed by atoms with E-state index in [0.717, 1.165) is 26.1 Å². The summed E-state index contributed by atoms with van der Waals surface area (Å²) in [4.78, 5) is 0. The van der Waals surface area contributed by atoms with Crippen molar-refractivity contribution in [2.75, 3.05) is 13.2 Å². The SMILES string of the molecule is C[C@H](Cl)CC1OCCCO1. The maximum atomic E-state index is 5.75. The number of rotatable bonds is 2. The summed E-state index contributed by atoms with van der Waals surface area (Å²) in [5, 5.41) is 0.142.